The molecule has 0 aliphatic carbocycles. The molecular formula is C7H13NO. The summed E-state index contributed by atoms with van der Waals surface area (Å²) in [6.45, 7) is 2.06. The van der Waals surface area contributed by atoms with Crippen LogP contribution in [0.3, 0.4) is 0 Å². The Labute approximate surface area is 55.6 Å². The summed E-state index contributed by atoms with van der Waals surface area (Å²) in [4.78, 5) is 10.8. The molecule has 0 bridgehead atoms. The highest BCUT2D eigenvalue weighted by atomic mass is 16.1. The number of amides is 1. The Morgan fingerprint density at radius 2 is 2.33 bits per heavy atom. The predicted molar refractivity (Wildman–Crippen MR) is 36.1 cm³/mol. The number of hydrogen-bond acceptors (Lipinski definition) is 1. The molecule has 9 heavy (non-hydrogen) atoms. The summed E-state index contributed by atoms with van der Waals surface area (Å²) >= 11 is 0. The van der Waals surface area contributed by atoms with Gasteiger partial charge in [0.15, 0.2) is 0 Å². The van der Waals surface area contributed by atoms with E-state index in [4.69, 9.17) is 0 Å². The Hall–Kier alpha value is -0.530. The average molecular weight is 127 g/mol. The Morgan fingerprint density at radius 3 is 3.11 bits per heavy atom. The van der Waals surface area contributed by atoms with Gasteiger partial charge in [-0.15, -0.1) is 0 Å². The monoisotopic (exact) mass is 127 g/mol. The van der Waals surface area contributed by atoms with Gasteiger partial charge in [-0.3, -0.25) is 4.79 Å². The lowest BCUT2D eigenvalue weighted by Crippen LogP contribution is -2.29. The Kier molecular flexibility index (Phi) is 2.09. The van der Waals surface area contributed by atoms with Crippen LogP contribution in [-0.2, 0) is 4.79 Å². The first kappa shape index (κ1) is 6.59. The summed E-state index contributed by atoms with van der Waals surface area (Å²) in [5.41, 5.74) is 0. The first-order valence-electron chi connectivity index (χ1n) is 3.58. The molecule has 1 heterocycles. The van der Waals surface area contributed by atoms with Crippen molar-refractivity contribution in [3.05, 3.63) is 0 Å². The molecule has 1 aliphatic heterocycles. The Morgan fingerprint density at radius 1 is 1.56 bits per heavy atom. The van der Waals surface area contributed by atoms with Crippen molar-refractivity contribution in [3.8, 4) is 0 Å². The van der Waals surface area contributed by atoms with Crippen LogP contribution in [0, 0.1) is 0 Å². The molecule has 0 radical (unpaired) electrons. The largest absolute Gasteiger partial charge is 0.354 e. The van der Waals surface area contributed by atoms with Gasteiger partial charge in [-0.1, -0.05) is 6.42 Å². The second kappa shape index (κ2) is 2.85. The molecule has 1 fully saturated rings. The summed E-state index contributed by atoms with van der Waals surface area (Å²) in [7, 11) is 0. The second-order valence-corrected chi connectivity index (χ2v) is 2.71. The molecule has 0 aromatic rings. The molecule has 1 N–H and O–H groups in total. The molecule has 0 aromatic heterocycles. The quantitative estimate of drug-likeness (QED) is 0.518. The number of carbonyl (C=O) groups is 1. The van der Waals surface area contributed by atoms with Crippen molar-refractivity contribution >= 4 is 5.91 Å². The maximum Gasteiger partial charge on any atom is 0.220 e. The third-order valence-electron chi connectivity index (χ3n) is 1.70. The first-order valence-corrected chi connectivity index (χ1v) is 3.58. The minimum Gasteiger partial charge on any atom is -0.354 e. The van der Waals surface area contributed by atoms with Gasteiger partial charge in [0.25, 0.3) is 0 Å². The fraction of sp³-hybridized carbons (Fsp3) is 0.857. The minimum atomic E-state index is 0.222. The molecule has 1 amide bonds. The van der Waals surface area contributed by atoms with Crippen molar-refractivity contribution in [3.63, 3.8) is 0 Å². The van der Waals surface area contributed by atoms with Gasteiger partial charge in [0.2, 0.25) is 5.91 Å². The van der Waals surface area contributed by atoms with Gasteiger partial charge >= 0.3 is 0 Å². The minimum absolute atomic E-state index is 0.222. The highest BCUT2D eigenvalue weighted by Gasteiger charge is 2.10. The van der Waals surface area contributed by atoms with Crippen LogP contribution >= 0.6 is 0 Å². The highest BCUT2D eigenvalue weighted by molar-refractivity contribution is 5.76. The molecule has 0 aromatic carbocycles. The van der Waals surface area contributed by atoms with E-state index in [0.717, 1.165) is 19.3 Å². The summed E-state index contributed by atoms with van der Waals surface area (Å²) in [5, 5.41) is 2.90. The lowest BCUT2D eigenvalue weighted by Gasteiger charge is -2.06. The zero-order valence-corrected chi connectivity index (χ0v) is 5.81. The van der Waals surface area contributed by atoms with Crippen LogP contribution in [0.4, 0.5) is 0 Å². The molecule has 2 nitrogen and oxygen atoms in total. The van der Waals surface area contributed by atoms with E-state index < -0.39 is 0 Å². The van der Waals surface area contributed by atoms with Crippen LogP contribution in [0.25, 0.3) is 0 Å². The van der Waals surface area contributed by atoms with Crippen LogP contribution in [-0.4, -0.2) is 11.9 Å². The van der Waals surface area contributed by atoms with Crippen LogP contribution in [0.15, 0.2) is 0 Å². The molecule has 0 unspecified atom stereocenters. The summed E-state index contributed by atoms with van der Waals surface area (Å²) < 4.78 is 0. The van der Waals surface area contributed by atoms with Crippen molar-refractivity contribution in [1.29, 1.82) is 0 Å². The van der Waals surface area contributed by atoms with E-state index >= 15 is 0 Å². The Bertz CT molecular complexity index is 111. The second-order valence-electron chi connectivity index (χ2n) is 2.71. The van der Waals surface area contributed by atoms with Crippen LogP contribution < -0.4 is 5.32 Å². The number of nitrogens with one attached hydrogen (secondary N) is 1. The van der Waals surface area contributed by atoms with E-state index in [2.05, 4.69) is 12.2 Å². The van der Waals surface area contributed by atoms with Crippen LogP contribution in [0.2, 0.25) is 0 Å². The molecule has 1 atom stereocenters. The van der Waals surface area contributed by atoms with E-state index in [-0.39, 0.29) is 5.91 Å². The first-order chi connectivity index (χ1) is 4.29. The summed E-state index contributed by atoms with van der Waals surface area (Å²) in [5.74, 6) is 0.222. The molecule has 2 heteroatoms. The van der Waals surface area contributed by atoms with E-state index in [1.165, 1.54) is 6.42 Å². The average Bonchev–Trinajstić information content (AvgIpc) is 1.93. The van der Waals surface area contributed by atoms with Crippen molar-refractivity contribution in [2.75, 3.05) is 0 Å². The number of rotatable bonds is 0. The molecular weight excluding hydrogens is 114 g/mol. The fourth-order valence-corrected chi connectivity index (χ4v) is 1.16. The van der Waals surface area contributed by atoms with Gasteiger partial charge in [-0.05, 0) is 19.8 Å². The standard InChI is InChI=1S/C7H13NO/c1-6-4-2-3-5-7(9)8-6/h6H,2-5H2,1H3,(H,8,9)/t6-/m1/s1. The molecule has 52 valence electrons. The maximum absolute atomic E-state index is 10.8. The van der Waals surface area contributed by atoms with E-state index in [1.54, 1.807) is 0 Å². The van der Waals surface area contributed by atoms with Gasteiger partial charge < -0.3 is 5.32 Å². The Balaban J connectivity index is 2.37. The lowest BCUT2D eigenvalue weighted by molar-refractivity contribution is -0.121. The van der Waals surface area contributed by atoms with E-state index in [9.17, 15) is 4.79 Å². The third-order valence-corrected chi connectivity index (χ3v) is 1.70. The van der Waals surface area contributed by atoms with Gasteiger partial charge in [-0.25, -0.2) is 0 Å². The normalized spacial score (nSPS) is 29.0. The smallest absolute Gasteiger partial charge is 0.220 e. The maximum atomic E-state index is 10.8. The zero-order valence-electron chi connectivity index (χ0n) is 5.81. The van der Waals surface area contributed by atoms with Gasteiger partial charge in [-0.2, -0.15) is 0 Å². The SMILES string of the molecule is C[C@@H]1CCCCC(=O)N1. The van der Waals surface area contributed by atoms with E-state index in [0.29, 0.717) is 6.04 Å². The molecule has 0 saturated carbocycles. The molecule has 1 rings (SSSR count). The van der Waals surface area contributed by atoms with Gasteiger partial charge in [0.05, 0.1) is 0 Å². The molecule has 1 aliphatic rings. The zero-order chi connectivity index (χ0) is 6.69. The topological polar surface area (TPSA) is 29.1 Å². The number of hydrogen-bond donors (Lipinski definition) is 1. The fourth-order valence-electron chi connectivity index (χ4n) is 1.16. The number of carbonyl (C=O) groups excluding carboxylic acids is 1. The predicted octanol–water partition coefficient (Wildman–Crippen LogP) is 1.07. The van der Waals surface area contributed by atoms with Gasteiger partial charge in [0.1, 0.15) is 0 Å². The van der Waals surface area contributed by atoms with Crippen molar-refractivity contribution in [2.24, 2.45) is 0 Å². The van der Waals surface area contributed by atoms with E-state index in [1.807, 2.05) is 0 Å². The van der Waals surface area contributed by atoms with Gasteiger partial charge in [0, 0.05) is 12.5 Å². The summed E-state index contributed by atoms with van der Waals surface area (Å²) in [6, 6.07) is 0.403. The molecule has 0 spiro atoms. The highest BCUT2D eigenvalue weighted by Crippen LogP contribution is 2.07. The van der Waals surface area contributed by atoms with Crippen molar-refractivity contribution in [1.82, 2.24) is 5.32 Å². The van der Waals surface area contributed by atoms with Crippen LogP contribution in [0.5, 0.6) is 0 Å². The summed E-state index contributed by atoms with van der Waals surface area (Å²) in [6.07, 6.45) is 4.13. The molecule has 1 saturated heterocycles. The lowest BCUT2D eigenvalue weighted by atomic mass is 10.1. The van der Waals surface area contributed by atoms with Crippen molar-refractivity contribution in [2.45, 2.75) is 38.6 Å². The van der Waals surface area contributed by atoms with Crippen molar-refractivity contribution < 1.29 is 4.79 Å². The van der Waals surface area contributed by atoms with Crippen LogP contribution in [0.1, 0.15) is 32.6 Å². The third kappa shape index (κ3) is 2.04.